The number of hydrogen-bond acceptors (Lipinski definition) is 4. The summed E-state index contributed by atoms with van der Waals surface area (Å²) in [5.74, 6) is 0.633. The molecule has 0 bridgehead atoms. The van der Waals surface area contributed by atoms with Gasteiger partial charge < -0.3 is 4.74 Å². The third kappa shape index (κ3) is 3.46. The van der Waals surface area contributed by atoms with E-state index < -0.39 is 10.0 Å². The quantitative estimate of drug-likeness (QED) is 0.842. The molecule has 2 rings (SSSR count). The minimum absolute atomic E-state index is 0.00618. The summed E-state index contributed by atoms with van der Waals surface area (Å²) in [6.07, 6.45) is 3.99. The highest BCUT2D eigenvalue weighted by Gasteiger charge is 2.22. The second-order valence-corrected chi connectivity index (χ2v) is 6.36. The largest absolute Gasteiger partial charge is 0.497 e. The summed E-state index contributed by atoms with van der Waals surface area (Å²) in [6, 6.07) is 4.83. The first-order valence-corrected chi connectivity index (χ1v) is 7.83. The first kappa shape index (κ1) is 14.3. The standard InChI is InChI=1S/C13H19NO4S/c1-10-9-12(17-2)7-8-13(10)19(15,16)14-18-11-5-3-4-6-11/h7-9,11,14H,3-6H2,1-2H3. The molecule has 19 heavy (non-hydrogen) atoms. The van der Waals surface area contributed by atoms with E-state index in [1.54, 1.807) is 26.2 Å². The number of methoxy groups -OCH3 is 1. The van der Waals surface area contributed by atoms with Crippen molar-refractivity contribution in [3.8, 4) is 5.75 Å². The van der Waals surface area contributed by atoms with Gasteiger partial charge in [0.25, 0.3) is 10.0 Å². The van der Waals surface area contributed by atoms with Gasteiger partial charge in [-0.1, -0.05) is 17.7 Å². The zero-order valence-corrected chi connectivity index (χ0v) is 12.0. The van der Waals surface area contributed by atoms with Gasteiger partial charge in [0.2, 0.25) is 0 Å². The smallest absolute Gasteiger partial charge is 0.262 e. The van der Waals surface area contributed by atoms with Crippen LogP contribution in [0.25, 0.3) is 0 Å². The molecule has 0 atom stereocenters. The maximum absolute atomic E-state index is 12.1. The van der Waals surface area contributed by atoms with Crippen molar-refractivity contribution in [2.24, 2.45) is 0 Å². The number of nitrogens with one attached hydrogen (secondary N) is 1. The van der Waals surface area contributed by atoms with Gasteiger partial charge in [0, 0.05) is 0 Å². The fourth-order valence-corrected chi connectivity index (χ4v) is 3.32. The minimum Gasteiger partial charge on any atom is -0.497 e. The predicted octanol–water partition coefficient (Wildman–Crippen LogP) is 2.16. The molecule has 1 aliphatic carbocycles. The van der Waals surface area contributed by atoms with Gasteiger partial charge in [-0.2, -0.15) is 0 Å². The van der Waals surface area contributed by atoms with Gasteiger partial charge >= 0.3 is 0 Å². The van der Waals surface area contributed by atoms with Crippen molar-refractivity contribution in [3.63, 3.8) is 0 Å². The Hall–Kier alpha value is -1.11. The zero-order chi connectivity index (χ0) is 13.9. The molecule has 1 fully saturated rings. The fraction of sp³-hybridized carbons (Fsp3) is 0.538. The van der Waals surface area contributed by atoms with E-state index in [1.165, 1.54) is 6.07 Å². The van der Waals surface area contributed by atoms with E-state index in [4.69, 9.17) is 9.57 Å². The lowest BCUT2D eigenvalue weighted by molar-refractivity contribution is 0.0223. The highest BCUT2D eigenvalue weighted by molar-refractivity contribution is 7.89. The molecule has 0 amide bonds. The zero-order valence-electron chi connectivity index (χ0n) is 11.2. The molecular weight excluding hydrogens is 266 g/mol. The SMILES string of the molecule is COc1ccc(S(=O)(=O)NOC2CCCC2)c(C)c1. The van der Waals surface area contributed by atoms with Crippen LogP contribution >= 0.6 is 0 Å². The number of aryl methyl sites for hydroxylation is 1. The molecule has 1 aliphatic rings. The molecule has 0 spiro atoms. The van der Waals surface area contributed by atoms with E-state index in [2.05, 4.69) is 4.89 Å². The normalized spacial score (nSPS) is 16.7. The summed E-state index contributed by atoms with van der Waals surface area (Å²) in [5, 5.41) is 0. The van der Waals surface area contributed by atoms with Gasteiger partial charge in [-0.15, -0.1) is 0 Å². The lowest BCUT2D eigenvalue weighted by Gasteiger charge is -2.13. The molecule has 1 N–H and O–H groups in total. The first-order chi connectivity index (χ1) is 9.03. The van der Waals surface area contributed by atoms with Crippen LogP contribution in [0, 0.1) is 6.92 Å². The van der Waals surface area contributed by atoms with Crippen LogP contribution in [-0.2, 0) is 14.9 Å². The van der Waals surface area contributed by atoms with Crippen molar-refractivity contribution in [2.45, 2.75) is 43.6 Å². The summed E-state index contributed by atoms with van der Waals surface area (Å²) in [5.41, 5.74) is 0.627. The Labute approximate surface area is 113 Å². The molecule has 0 aliphatic heterocycles. The minimum atomic E-state index is -3.63. The van der Waals surface area contributed by atoms with Gasteiger partial charge in [-0.05, 0) is 43.5 Å². The lowest BCUT2D eigenvalue weighted by atomic mass is 10.2. The second-order valence-electron chi connectivity index (χ2n) is 4.74. The first-order valence-electron chi connectivity index (χ1n) is 6.35. The van der Waals surface area contributed by atoms with Gasteiger partial charge in [-0.25, -0.2) is 8.42 Å². The van der Waals surface area contributed by atoms with Crippen LogP contribution in [0.5, 0.6) is 5.75 Å². The maximum atomic E-state index is 12.1. The Kier molecular flexibility index (Phi) is 4.44. The van der Waals surface area contributed by atoms with Gasteiger partial charge in [0.1, 0.15) is 5.75 Å². The highest BCUT2D eigenvalue weighted by Crippen LogP contribution is 2.23. The summed E-state index contributed by atoms with van der Waals surface area (Å²) in [4.78, 5) is 7.71. The molecule has 5 nitrogen and oxygen atoms in total. The fourth-order valence-electron chi connectivity index (χ4n) is 2.23. The maximum Gasteiger partial charge on any atom is 0.262 e. The van der Waals surface area contributed by atoms with E-state index in [-0.39, 0.29) is 11.0 Å². The number of ether oxygens (including phenoxy) is 1. The van der Waals surface area contributed by atoms with Crippen LogP contribution in [0.1, 0.15) is 31.2 Å². The summed E-state index contributed by atoms with van der Waals surface area (Å²) < 4.78 is 29.3. The molecule has 106 valence electrons. The lowest BCUT2D eigenvalue weighted by Crippen LogP contribution is -2.29. The summed E-state index contributed by atoms with van der Waals surface area (Å²) in [6.45, 7) is 1.73. The van der Waals surface area contributed by atoms with E-state index in [0.717, 1.165) is 25.7 Å². The van der Waals surface area contributed by atoms with Gasteiger partial charge in [0.05, 0.1) is 18.1 Å². The number of hydrogen-bond donors (Lipinski definition) is 1. The Bertz CT molecular complexity index is 536. The molecule has 6 heteroatoms. The van der Waals surface area contributed by atoms with Crippen LogP contribution in [-0.4, -0.2) is 21.6 Å². The number of rotatable bonds is 5. The topological polar surface area (TPSA) is 64.6 Å². The molecule has 1 aromatic carbocycles. The van der Waals surface area contributed by atoms with E-state index in [9.17, 15) is 8.42 Å². The van der Waals surface area contributed by atoms with E-state index in [1.807, 2.05) is 0 Å². The van der Waals surface area contributed by atoms with Crippen LogP contribution in [0.2, 0.25) is 0 Å². The molecule has 0 aromatic heterocycles. The van der Waals surface area contributed by atoms with Gasteiger partial charge in [0.15, 0.2) is 0 Å². The van der Waals surface area contributed by atoms with Gasteiger partial charge in [-0.3, -0.25) is 4.84 Å². The number of benzene rings is 1. The summed E-state index contributed by atoms with van der Waals surface area (Å²) >= 11 is 0. The highest BCUT2D eigenvalue weighted by atomic mass is 32.2. The molecular formula is C13H19NO4S. The number of sulfonamides is 1. The van der Waals surface area contributed by atoms with Crippen LogP contribution in [0.4, 0.5) is 0 Å². The van der Waals surface area contributed by atoms with E-state index in [0.29, 0.717) is 11.3 Å². The molecule has 1 aromatic rings. The van der Waals surface area contributed by atoms with Crippen molar-refractivity contribution in [3.05, 3.63) is 23.8 Å². The average Bonchev–Trinajstić information content (AvgIpc) is 2.89. The molecule has 0 unspecified atom stereocenters. The Morgan fingerprint density at radius 2 is 1.95 bits per heavy atom. The third-order valence-electron chi connectivity index (χ3n) is 3.30. The molecule has 0 heterocycles. The van der Waals surface area contributed by atoms with Crippen molar-refractivity contribution in [1.29, 1.82) is 0 Å². The average molecular weight is 285 g/mol. The van der Waals surface area contributed by atoms with Crippen molar-refractivity contribution >= 4 is 10.0 Å². The Morgan fingerprint density at radius 3 is 2.53 bits per heavy atom. The third-order valence-corrected chi connectivity index (χ3v) is 4.65. The van der Waals surface area contributed by atoms with Crippen LogP contribution in [0.3, 0.4) is 0 Å². The summed E-state index contributed by atoms with van der Waals surface area (Å²) in [7, 11) is -2.09. The van der Waals surface area contributed by atoms with Crippen LogP contribution in [0.15, 0.2) is 23.1 Å². The van der Waals surface area contributed by atoms with E-state index >= 15 is 0 Å². The molecule has 0 radical (unpaired) electrons. The second kappa shape index (κ2) is 5.90. The Balaban J connectivity index is 2.10. The van der Waals surface area contributed by atoms with Crippen molar-refractivity contribution in [2.75, 3.05) is 7.11 Å². The monoisotopic (exact) mass is 285 g/mol. The van der Waals surface area contributed by atoms with Crippen molar-refractivity contribution in [1.82, 2.24) is 4.89 Å². The van der Waals surface area contributed by atoms with Crippen LogP contribution < -0.4 is 9.62 Å². The molecule has 0 saturated heterocycles. The molecule has 1 saturated carbocycles. The van der Waals surface area contributed by atoms with Crippen molar-refractivity contribution < 1.29 is 18.0 Å². The predicted molar refractivity (Wildman–Crippen MR) is 71.4 cm³/mol. The Morgan fingerprint density at radius 1 is 1.26 bits per heavy atom.